The minimum atomic E-state index is -0.833. The van der Waals surface area contributed by atoms with Crippen LogP contribution in [0.5, 0.6) is 5.75 Å². The van der Waals surface area contributed by atoms with Crippen molar-refractivity contribution in [3.05, 3.63) is 29.8 Å². The smallest absolute Gasteiger partial charge is 0.300 e. The molecule has 0 radical (unpaired) electrons. The lowest BCUT2D eigenvalue weighted by Crippen LogP contribution is -2.26. The minimum absolute atomic E-state index is 0.233. The Morgan fingerprint density at radius 2 is 2.00 bits per heavy atom. The Labute approximate surface area is 126 Å². The molecule has 0 unspecified atom stereocenters. The van der Waals surface area contributed by atoms with E-state index in [1.807, 2.05) is 6.07 Å². The van der Waals surface area contributed by atoms with Crippen molar-refractivity contribution < 1.29 is 20.1 Å². The monoisotopic (exact) mass is 294 g/mol. The number of aliphatic hydroxyl groups excluding tert-OH is 1. The topological polar surface area (TPSA) is 77.8 Å². The first-order valence-corrected chi connectivity index (χ1v) is 7.38. The summed E-state index contributed by atoms with van der Waals surface area (Å²) in [5, 5.41) is 27.3. The van der Waals surface area contributed by atoms with Crippen LogP contribution in [-0.4, -0.2) is 21.3 Å². The van der Waals surface area contributed by atoms with Gasteiger partial charge in [0.1, 0.15) is 5.75 Å². The number of benzene rings is 1. The van der Waals surface area contributed by atoms with Gasteiger partial charge < -0.3 is 15.3 Å². The molecule has 0 saturated heterocycles. The van der Waals surface area contributed by atoms with E-state index < -0.39 is 12.1 Å². The van der Waals surface area contributed by atoms with E-state index in [1.54, 1.807) is 18.2 Å². The zero-order valence-corrected chi connectivity index (χ0v) is 13.0. The molecule has 4 nitrogen and oxygen atoms in total. The summed E-state index contributed by atoms with van der Waals surface area (Å²) < 4.78 is 0. The van der Waals surface area contributed by atoms with Crippen molar-refractivity contribution in [2.75, 3.05) is 0 Å². The van der Waals surface area contributed by atoms with Gasteiger partial charge in [0.25, 0.3) is 5.97 Å². The molecule has 0 aliphatic heterocycles. The van der Waals surface area contributed by atoms with Crippen molar-refractivity contribution in [1.29, 1.82) is 0 Å². The highest BCUT2D eigenvalue weighted by molar-refractivity contribution is 5.62. The normalized spacial score (nSPS) is 21.8. The van der Waals surface area contributed by atoms with Crippen LogP contribution in [0.4, 0.5) is 0 Å². The number of hydrogen-bond donors (Lipinski definition) is 3. The van der Waals surface area contributed by atoms with E-state index >= 15 is 0 Å². The molecule has 1 aliphatic carbocycles. The third-order valence-corrected chi connectivity index (χ3v) is 3.90. The van der Waals surface area contributed by atoms with E-state index in [1.165, 1.54) is 12.8 Å². The summed E-state index contributed by atoms with van der Waals surface area (Å²) in [7, 11) is 0. The van der Waals surface area contributed by atoms with Gasteiger partial charge in [-0.1, -0.05) is 32.4 Å². The van der Waals surface area contributed by atoms with Crippen molar-refractivity contribution in [1.82, 2.24) is 0 Å². The number of aromatic hydroxyl groups is 1. The second-order valence-electron chi connectivity index (χ2n) is 6.58. The standard InChI is InChI=1S/C15H22O2.C2H4O2/c1-15(2)8-4-6-12(10-15)14(17)11-5-3-7-13(16)9-11;1-2(3)4/h3,5,7,9,12,14,16-17H,4,6,8,10H2,1-2H3;1H3,(H,3,4)/t12-,14+;/m0./s1. The van der Waals surface area contributed by atoms with Crippen LogP contribution >= 0.6 is 0 Å². The first-order valence-electron chi connectivity index (χ1n) is 7.38. The molecule has 0 aromatic heterocycles. The van der Waals surface area contributed by atoms with Gasteiger partial charge in [-0.15, -0.1) is 0 Å². The van der Waals surface area contributed by atoms with E-state index in [0.29, 0.717) is 11.3 Å². The molecule has 0 spiro atoms. The first kappa shape index (κ1) is 17.5. The number of carboxylic acid groups (broad SMARTS) is 1. The largest absolute Gasteiger partial charge is 0.508 e. The molecule has 1 saturated carbocycles. The molecule has 1 aliphatic rings. The van der Waals surface area contributed by atoms with Crippen LogP contribution < -0.4 is 0 Å². The van der Waals surface area contributed by atoms with E-state index in [0.717, 1.165) is 25.3 Å². The van der Waals surface area contributed by atoms with Gasteiger partial charge in [-0.25, -0.2) is 0 Å². The molecule has 21 heavy (non-hydrogen) atoms. The number of aliphatic carboxylic acids is 1. The lowest BCUT2D eigenvalue weighted by molar-refractivity contribution is -0.134. The maximum atomic E-state index is 10.4. The summed E-state index contributed by atoms with van der Waals surface area (Å²) in [5.41, 5.74) is 1.17. The Balaban J connectivity index is 0.000000491. The fraction of sp³-hybridized carbons (Fsp3) is 0.588. The first-order chi connectivity index (χ1) is 9.71. The lowest BCUT2D eigenvalue weighted by atomic mass is 9.70. The van der Waals surface area contributed by atoms with Crippen molar-refractivity contribution in [2.45, 2.75) is 52.6 Å². The number of hydrogen-bond acceptors (Lipinski definition) is 3. The summed E-state index contributed by atoms with van der Waals surface area (Å²) in [6.07, 6.45) is 4.13. The Morgan fingerprint density at radius 3 is 2.52 bits per heavy atom. The van der Waals surface area contributed by atoms with Crippen molar-refractivity contribution in [2.24, 2.45) is 11.3 Å². The highest BCUT2D eigenvalue weighted by atomic mass is 16.4. The second kappa shape index (κ2) is 7.46. The minimum Gasteiger partial charge on any atom is -0.508 e. The van der Waals surface area contributed by atoms with Crippen molar-refractivity contribution in [3.8, 4) is 5.75 Å². The number of carboxylic acids is 1. The van der Waals surface area contributed by atoms with E-state index in [4.69, 9.17) is 9.90 Å². The van der Waals surface area contributed by atoms with Gasteiger partial charge in [0.15, 0.2) is 0 Å². The van der Waals surface area contributed by atoms with E-state index in [-0.39, 0.29) is 5.75 Å². The molecule has 0 amide bonds. The second-order valence-corrected chi connectivity index (χ2v) is 6.58. The zero-order valence-electron chi connectivity index (χ0n) is 13.0. The molecule has 4 heteroatoms. The SMILES string of the molecule is CC(=O)O.CC1(C)CCC[C@H]([C@H](O)c2cccc(O)c2)C1. The quantitative estimate of drug-likeness (QED) is 0.776. The third-order valence-electron chi connectivity index (χ3n) is 3.90. The number of carbonyl (C=O) groups is 1. The maximum Gasteiger partial charge on any atom is 0.300 e. The van der Waals surface area contributed by atoms with Crippen LogP contribution in [0.3, 0.4) is 0 Å². The van der Waals surface area contributed by atoms with Crippen LogP contribution in [0.1, 0.15) is 58.1 Å². The molecule has 0 bridgehead atoms. The van der Waals surface area contributed by atoms with Crippen LogP contribution in [0.15, 0.2) is 24.3 Å². The van der Waals surface area contributed by atoms with Crippen LogP contribution in [0, 0.1) is 11.3 Å². The highest BCUT2D eigenvalue weighted by Gasteiger charge is 2.32. The number of phenolic OH excluding ortho intramolecular Hbond substituents is 1. The highest BCUT2D eigenvalue weighted by Crippen LogP contribution is 2.43. The van der Waals surface area contributed by atoms with Gasteiger partial charge in [-0.2, -0.15) is 0 Å². The summed E-state index contributed by atoms with van der Waals surface area (Å²) in [6.45, 7) is 5.63. The van der Waals surface area contributed by atoms with E-state index in [9.17, 15) is 10.2 Å². The van der Waals surface area contributed by atoms with Gasteiger partial charge in [0.2, 0.25) is 0 Å². The summed E-state index contributed by atoms with van der Waals surface area (Å²) in [4.78, 5) is 9.00. The Bertz CT molecular complexity index is 464. The predicted octanol–water partition coefficient (Wildman–Crippen LogP) is 3.73. The summed E-state index contributed by atoms with van der Waals surface area (Å²) >= 11 is 0. The molecule has 3 N–H and O–H groups in total. The average molecular weight is 294 g/mol. The van der Waals surface area contributed by atoms with Crippen LogP contribution in [0.25, 0.3) is 0 Å². The molecular formula is C17H26O4. The average Bonchev–Trinajstić information content (AvgIpc) is 2.36. The fourth-order valence-corrected chi connectivity index (χ4v) is 3.01. The Morgan fingerprint density at radius 1 is 1.38 bits per heavy atom. The van der Waals surface area contributed by atoms with Gasteiger partial charge in [-0.3, -0.25) is 4.79 Å². The van der Waals surface area contributed by atoms with Crippen LogP contribution in [-0.2, 0) is 4.79 Å². The Hall–Kier alpha value is -1.55. The fourth-order valence-electron chi connectivity index (χ4n) is 3.01. The lowest BCUT2D eigenvalue weighted by Gasteiger charge is -2.37. The summed E-state index contributed by atoms with van der Waals surface area (Å²) in [6, 6.07) is 7.00. The van der Waals surface area contributed by atoms with Crippen molar-refractivity contribution >= 4 is 5.97 Å². The van der Waals surface area contributed by atoms with E-state index in [2.05, 4.69) is 13.8 Å². The Kier molecular flexibility index (Phi) is 6.21. The van der Waals surface area contributed by atoms with Crippen LogP contribution in [0.2, 0.25) is 0 Å². The molecule has 2 rings (SSSR count). The number of rotatable bonds is 2. The molecule has 1 aromatic carbocycles. The van der Waals surface area contributed by atoms with Gasteiger partial charge >= 0.3 is 0 Å². The molecular weight excluding hydrogens is 268 g/mol. The predicted molar refractivity (Wildman–Crippen MR) is 82.1 cm³/mol. The molecule has 118 valence electrons. The molecule has 2 atom stereocenters. The molecule has 0 heterocycles. The maximum absolute atomic E-state index is 10.4. The molecule has 1 aromatic rings. The van der Waals surface area contributed by atoms with Crippen molar-refractivity contribution in [3.63, 3.8) is 0 Å². The summed E-state index contributed by atoms with van der Waals surface area (Å²) in [5.74, 6) is -0.280. The number of aliphatic hydroxyl groups is 1. The number of phenols is 1. The molecule has 1 fully saturated rings. The van der Waals surface area contributed by atoms with Gasteiger partial charge in [-0.05, 0) is 48.3 Å². The third kappa shape index (κ3) is 6.17. The van der Waals surface area contributed by atoms with Gasteiger partial charge in [0, 0.05) is 6.92 Å². The van der Waals surface area contributed by atoms with Gasteiger partial charge in [0.05, 0.1) is 6.10 Å². The zero-order chi connectivity index (χ0) is 16.0.